The van der Waals surface area contributed by atoms with Gasteiger partial charge in [-0.3, -0.25) is 0 Å². The maximum Gasteiger partial charge on any atom is 0.226 e. The molecule has 1 radical (unpaired) electrons. The molecule has 0 saturated carbocycles. The quantitative estimate of drug-likeness (QED) is 0.381. The van der Waals surface area contributed by atoms with Crippen LogP contribution in [0, 0.1) is 6.07 Å². The van der Waals surface area contributed by atoms with E-state index in [-0.39, 0.29) is 5.56 Å². The summed E-state index contributed by atoms with van der Waals surface area (Å²) >= 11 is 55.1. The summed E-state index contributed by atoms with van der Waals surface area (Å²) in [7, 11) is 0. The lowest BCUT2D eigenvalue weighted by Gasteiger charge is -2.44. The number of hydrogen-bond acceptors (Lipinski definition) is 0. The molecule has 0 bridgehead atoms. The molecule has 0 saturated heterocycles. The zero-order valence-corrected chi connectivity index (χ0v) is 17.7. The number of halogens is 9. The van der Waals surface area contributed by atoms with Gasteiger partial charge in [-0.25, -0.2) is 0 Å². The fourth-order valence-electron chi connectivity index (χ4n) is 1.95. The van der Waals surface area contributed by atoms with Gasteiger partial charge >= 0.3 is 0 Å². The molecule has 2 rings (SSSR count). The van der Waals surface area contributed by atoms with Crippen molar-refractivity contribution in [3.05, 3.63) is 48.0 Å². The van der Waals surface area contributed by atoms with Gasteiger partial charge in [0.05, 0.1) is 0 Å². The molecular weight excluding hydrogens is 487 g/mol. The summed E-state index contributed by atoms with van der Waals surface area (Å²) in [4.78, 5) is 0. The number of rotatable bonds is 3. The molecule has 0 atom stereocenters. The second-order valence-corrected chi connectivity index (χ2v) is 10.9. The number of fused-ring (bicyclic) bond motifs is 1. The van der Waals surface area contributed by atoms with E-state index in [1.807, 2.05) is 18.2 Å². The summed E-state index contributed by atoms with van der Waals surface area (Å²) in [6.07, 6.45) is 0. The molecular formula is C14H6Cl9. The topological polar surface area (TPSA) is 0 Å². The van der Waals surface area contributed by atoms with Crippen LogP contribution in [0.1, 0.15) is 5.56 Å². The molecule has 125 valence electrons. The van der Waals surface area contributed by atoms with Crippen molar-refractivity contribution in [2.24, 2.45) is 0 Å². The molecule has 0 unspecified atom stereocenters. The lowest BCUT2D eigenvalue weighted by atomic mass is 9.98. The molecule has 0 amide bonds. The molecule has 0 heterocycles. The van der Waals surface area contributed by atoms with E-state index in [1.165, 1.54) is 0 Å². The van der Waals surface area contributed by atoms with Crippen molar-refractivity contribution >= 4 is 115 Å². The minimum absolute atomic E-state index is 0.254. The Morgan fingerprint density at radius 1 is 0.696 bits per heavy atom. The van der Waals surface area contributed by atoms with Crippen molar-refractivity contribution < 1.29 is 0 Å². The second kappa shape index (κ2) is 6.80. The summed E-state index contributed by atoms with van der Waals surface area (Å²) in [6.45, 7) is 0. The SMILES string of the molecule is ClC(Cl)(Cl)C(Cl)(Cl)C(Cl)(Cl)C(Cl)(Cl)c1[c]ccc2ccccc12. The van der Waals surface area contributed by atoms with Crippen molar-refractivity contribution in [1.82, 2.24) is 0 Å². The molecule has 0 nitrogen and oxygen atoms in total. The van der Waals surface area contributed by atoms with Crippen LogP contribution in [0.5, 0.6) is 0 Å². The Balaban J connectivity index is 2.69. The maximum absolute atomic E-state index is 6.45. The van der Waals surface area contributed by atoms with Crippen molar-refractivity contribution in [1.29, 1.82) is 0 Å². The Morgan fingerprint density at radius 2 is 1.26 bits per heavy atom. The third-order valence-electron chi connectivity index (χ3n) is 3.18. The molecule has 0 aliphatic rings. The van der Waals surface area contributed by atoms with Crippen LogP contribution in [0.25, 0.3) is 10.8 Å². The first kappa shape index (κ1) is 20.6. The highest BCUT2D eigenvalue weighted by molar-refractivity contribution is 6.80. The smallest absolute Gasteiger partial charge is 0.0943 e. The number of benzene rings is 2. The highest BCUT2D eigenvalue weighted by Gasteiger charge is 2.68. The zero-order valence-electron chi connectivity index (χ0n) is 10.9. The van der Waals surface area contributed by atoms with Crippen LogP contribution in [-0.4, -0.2) is 12.5 Å². The molecule has 0 N–H and O–H groups in total. The van der Waals surface area contributed by atoms with E-state index < -0.39 is 16.8 Å². The Morgan fingerprint density at radius 3 is 1.83 bits per heavy atom. The van der Waals surface area contributed by atoms with Gasteiger partial charge in [0.15, 0.2) is 8.67 Å². The molecule has 0 aromatic heterocycles. The lowest BCUT2D eigenvalue weighted by Crippen LogP contribution is -2.54. The van der Waals surface area contributed by atoms with Crippen LogP contribution in [0.3, 0.4) is 0 Å². The van der Waals surface area contributed by atoms with Crippen LogP contribution in [0.2, 0.25) is 0 Å². The van der Waals surface area contributed by atoms with E-state index in [0.29, 0.717) is 5.39 Å². The molecule has 0 aliphatic heterocycles. The van der Waals surface area contributed by atoms with E-state index in [4.69, 9.17) is 104 Å². The van der Waals surface area contributed by atoms with Crippen LogP contribution < -0.4 is 0 Å². The molecule has 2 aromatic carbocycles. The minimum atomic E-state index is -2.33. The van der Waals surface area contributed by atoms with E-state index >= 15 is 0 Å². The average molecular weight is 493 g/mol. The van der Waals surface area contributed by atoms with Gasteiger partial charge in [0.1, 0.15) is 0 Å². The third kappa shape index (κ3) is 3.46. The number of alkyl halides is 9. The predicted octanol–water partition coefficient (Wildman–Crippen LogP) is 7.99. The predicted molar refractivity (Wildman–Crippen MR) is 105 cm³/mol. The summed E-state index contributed by atoms with van der Waals surface area (Å²) in [5.74, 6) is 0. The Bertz CT molecular complexity index is 710. The van der Waals surface area contributed by atoms with Crippen molar-refractivity contribution in [3.63, 3.8) is 0 Å². The van der Waals surface area contributed by atoms with Gasteiger partial charge in [-0.2, -0.15) is 0 Å². The van der Waals surface area contributed by atoms with E-state index in [2.05, 4.69) is 6.07 Å². The first-order chi connectivity index (χ1) is 10.3. The maximum atomic E-state index is 6.45. The Kier molecular flexibility index (Phi) is 6.10. The summed E-state index contributed by atoms with van der Waals surface area (Å²) in [5.41, 5.74) is 0.254. The normalized spacial score (nSPS) is 14.3. The van der Waals surface area contributed by atoms with Gasteiger partial charge in [0.25, 0.3) is 0 Å². The summed E-state index contributed by atoms with van der Waals surface area (Å²) in [6, 6.07) is 13.6. The minimum Gasteiger partial charge on any atom is -0.0943 e. The Hall–Kier alpha value is 1.31. The van der Waals surface area contributed by atoms with Crippen molar-refractivity contribution in [2.75, 3.05) is 0 Å². The second-order valence-electron chi connectivity index (χ2n) is 4.66. The van der Waals surface area contributed by atoms with Crippen molar-refractivity contribution in [2.45, 2.75) is 16.8 Å². The molecule has 9 heteroatoms. The number of hydrogen-bond donors (Lipinski definition) is 0. The van der Waals surface area contributed by atoms with Crippen LogP contribution in [0.4, 0.5) is 0 Å². The van der Waals surface area contributed by atoms with Gasteiger partial charge in [0, 0.05) is 5.56 Å². The average Bonchev–Trinajstić information content (AvgIpc) is 2.45. The monoisotopic (exact) mass is 489 g/mol. The highest BCUT2D eigenvalue weighted by atomic mass is 35.6. The van der Waals surface area contributed by atoms with Gasteiger partial charge < -0.3 is 0 Å². The van der Waals surface area contributed by atoms with Crippen molar-refractivity contribution in [3.8, 4) is 0 Å². The third-order valence-corrected chi connectivity index (χ3v) is 8.60. The van der Waals surface area contributed by atoms with Gasteiger partial charge in [-0.15, -0.1) is 0 Å². The molecule has 2 aromatic rings. The zero-order chi connectivity index (χ0) is 17.7. The molecule has 0 fully saturated rings. The fraction of sp³-hybridized carbons (Fsp3) is 0.286. The summed E-state index contributed by atoms with van der Waals surface area (Å²) < 4.78 is -8.93. The van der Waals surface area contributed by atoms with E-state index in [1.54, 1.807) is 18.2 Å². The van der Waals surface area contributed by atoms with Crippen LogP contribution in [0.15, 0.2) is 36.4 Å². The van der Waals surface area contributed by atoms with Crippen LogP contribution in [-0.2, 0) is 4.33 Å². The van der Waals surface area contributed by atoms with E-state index in [9.17, 15) is 0 Å². The molecule has 23 heavy (non-hydrogen) atoms. The first-order valence-corrected chi connectivity index (χ1v) is 9.34. The standard InChI is InChI=1S/C14H6Cl9/c15-11(16,12(17,18)13(19,20)14(21,22)23)10-7-3-5-8-4-1-2-6-9(8)10/h1-6H. The molecule has 0 spiro atoms. The van der Waals surface area contributed by atoms with Crippen LogP contribution >= 0.6 is 104 Å². The first-order valence-electron chi connectivity index (χ1n) is 5.94. The lowest BCUT2D eigenvalue weighted by molar-refractivity contribution is 0.602. The van der Waals surface area contributed by atoms with E-state index in [0.717, 1.165) is 5.39 Å². The Labute approximate surface area is 178 Å². The molecule has 0 aliphatic carbocycles. The van der Waals surface area contributed by atoms with Gasteiger partial charge in [0.2, 0.25) is 8.13 Å². The largest absolute Gasteiger partial charge is 0.226 e. The highest BCUT2D eigenvalue weighted by Crippen LogP contribution is 2.65. The summed E-state index contributed by atoms with van der Waals surface area (Å²) in [5, 5.41) is 1.49. The van der Waals surface area contributed by atoms with Gasteiger partial charge in [-0.05, 0) is 16.8 Å². The fourth-order valence-corrected chi connectivity index (χ4v) is 4.22. The van der Waals surface area contributed by atoms with Gasteiger partial charge in [-0.1, -0.05) is 141 Å².